The van der Waals surface area contributed by atoms with Crippen molar-refractivity contribution in [3.8, 4) is 0 Å². The summed E-state index contributed by atoms with van der Waals surface area (Å²) in [6, 6.07) is 11.0. The van der Waals surface area contributed by atoms with Crippen LogP contribution < -0.4 is 16.2 Å². The minimum Gasteiger partial charge on any atom is -0.355 e. The monoisotopic (exact) mass is 396 g/mol. The number of rotatable bonds is 8. The minimum atomic E-state index is -0.498. The third kappa shape index (κ3) is 5.32. The first-order valence-corrected chi connectivity index (χ1v) is 9.85. The predicted octanol–water partition coefficient (Wildman–Crippen LogP) is 1.33. The van der Waals surface area contributed by atoms with Crippen molar-refractivity contribution in [1.82, 2.24) is 20.1 Å². The summed E-state index contributed by atoms with van der Waals surface area (Å²) in [6.07, 6.45) is 3.54. The van der Waals surface area contributed by atoms with Gasteiger partial charge in [0.05, 0.1) is 12.1 Å². The average molecular weight is 396 g/mol. The van der Waals surface area contributed by atoms with E-state index in [1.165, 1.54) is 23.9 Å². The van der Waals surface area contributed by atoms with Crippen molar-refractivity contribution in [3.63, 3.8) is 0 Å². The van der Waals surface area contributed by atoms with Gasteiger partial charge in [-0.3, -0.25) is 14.4 Å². The molecule has 0 spiro atoms. The lowest BCUT2D eigenvalue weighted by molar-refractivity contribution is 0.0948. The summed E-state index contributed by atoms with van der Waals surface area (Å²) in [7, 11) is 5.54. The van der Waals surface area contributed by atoms with Crippen molar-refractivity contribution in [3.05, 3.63) is 69.6 Å². The van der Waals surface area contributed by atoms with Gasteiger partial charge in [-0.05, 0) is 51.0 Å². The molecule has 0 unspecified atom stereocenters. The second-order valence-electron chi connectivity index (χ2n) is 7.81. The number of aromatic nitrogens is 1. The van der Waals surface area contributed by atoms with Crippen LogP contribution in [0, 0.1) is 5.92 Å². The Hall–Kier alpha value is -2.93. The summed E-state index contributed by atoms with van der Waals surface area (Å²) in [6.45, 7) is 1.28. The van der Waals surface area contributed by atoms with Crippen LogP contribution in [0.1, 0.15) is 39.1 Å². The van der Waals surface area contributed by atoms with E-state index in [9.17, 15) is 14.4 Å². The van der Waals surface area contributed by atoms with Gasteiger partial charge in [0.1, 0.15) is 5.56 Å². The van der Waals surface area contributed by atoms with Gasteiger partial charge in [0.15, 0.2) is 0 Å². The largest absolute Gasteiger partial charge is 0.355 e. The van der Waals surface area contributed by atoms with Gasteiger partial charge in [0, 0.05) is 19.3 Å². The topological polar surface area (TPSA) is 83.4 Å². The molecule has 2 amide bonds. The number of pyridine rings is 1. The Balaban J connectivity index is 1.80. The number of carbonyl (C=O) groups excluding carboxylic acids is 2. The summed E-state index contributed by atoms with van der Waals surface area (Å²) < 4.78 is 1.42. The summed E-state index contributed by atoms with van der Waals surface area (Å²) in [5.41, 5.74) is 0.786. The molecule has 1 heterocycles. The van der Waals surface area contributed by atoms with Crippen molar-refractivity contribution in [2.75, 3.05) is 27.7 Å². The van der Waals surface area contributed by atoms with Gasteiger partial charge < -0.3 is 20.1 Å². The van der Waals surface area contributed by atoms with Crippen LogP contribution in [0.5, 0.6) is 0 Å². The molecule has 1 aliphatic rings. The number of nitrogens with zero attached hydrogens (tertiary/aromatic N) is 2. The van der Waals surface area contributed by atoms with E-state index in [1.807, 2.05) is 44.4 Å². The fourth-order valence-corrected chi connectivity index (χ4v) is 3.37. The molecule has 7 nitrogen and oxygen atoms in total. The number of hydrogen-bond donors (Lipinski definition) is 2. The van der Waals surface area contributed by atoms with Crippen LogP contribution in [-0.2, 0) is 6.54 Å². The maximum atomic E-state index is 12.8. The fourth-order valence-electron chi connectivity index (χ4n) is 3.37. The predicted molar refractivity (Wildman–Crippen MR) is 112 cm³/mol. The smallest absolute Gasteiger partial charge is 0.263 e. The summed E-state index contributed by atoms with van der Waals surface area (Å²) in [5, 5.41) is 5.51. The van der Waals surface area contributed by atoms with E-state index < -0.39 is 11.5 Å². The highest BCUT2D eigenvalue weighted by Crippen LogP contribution is 2.33. The SMILES string of the molecule is CNC(=O)c1cc(C(=O)N[C@@H]2C[C@H]2CCN(C)C)cn(Cc2ccccc2)c1=O. The van der Waals surface area contributed by atoms with E-state index in [0.717, 1.165) is 24.9 Å². The zero-order valence-electron chi connectivity index (χ0n) is 17.1. The highest BCUT2D eigenvalue weighted by molar-refractivity contribution is 5.99. The Morgan fingerprint density at radius 3 is 2.55 bits per heavy atom. The number of hydrogen-bond acceptors (Lipinski definition) is 4. The molecule has 1 saturated carbocycles. The normalized spacial score (nSPS) is 17.8. The van der Waals surface area contributed by atoms with Gasteiger partial charge in [0.2, 0.25) is 0 Å². The number of benzene rings is 1. The van der Waals surface area contributed by atoms with Crippen LogP contribution in [0.3, 0.4) is 0 Å². The molecular formula is C22H28N4O3. The third-order valence-corrected chi connectivity index (χ3v) is 5.20. The molecule has 2 N–H and O–H groups in total. The molecule has 0 saturated heterocycles. The Morgan fingerprint density at radius 2 is 1.90 bits per heavy atom. The maximum Gasteiger partial charge on any atom is 0.263 e. The van der Waals surface area contributed by atoms with Gasteiger partial charge in [0.25, 0.3) is 17.4 Å². The van der Waals surface area contributed by atoms with E-state index in [0.29, 0.717) is 18.0 Å². The second kappa shape index (κ2) is 9.05. The first-order chi connectivity index (χ1) is 13.9. The van der Waals surface area contributed by atoms with Gasteiger partial charge in [-0.1, -0.05) is 30.3 Å². The summed E-state index contributed by atoms with van der Waals surface area (Å²) >= 11 is 0. The van der Waals surface area contributed by atoms with Crippen LogP contribution in [0.25, 0.3) is 0 Å². The fraction of sp³-hybridized carbons (Fsp3) is 0.409. The van der Waals surface area contributed by atoms with E-state index in [-0.39, 0.29) is 17.5 Å². The van der Waals surface area contributed by atoms with Crippen molar-refractivity contribution in [1.29, 1.82) is 0 Å². The van der Waals surface area contributed by atoms with Gasteiger partial charge in [-0.25, -0.2) is 0 Å². The van der Waals surface area contributed by atoms with Crippen molar-refractivity contribution < 1.29 is 9.59 Å². The molecule has 2 atom stereocenters. The van der Waals surface area contributed by atoms with Crippen molar-refractivity contribution >= 4 is 11.8 Å². The Kier molecular flexibility index (Phi) is 6.49. The second-order valence-corrected chi connectivity index (χ2v) is 7.81. The molecule has 0 bridgehead atoms. The number of amides is 2. The van der Waals surface area contributed by atoms with Gasteiger partial charge >= 0.3 is 0 Å². The standard InChI is InChI=1S/C22H28N4O3/c1-23-21(28)18-11-17(20(27)24-19-12-16(19)9-10-25(2)3)14-26(22(18)29)13-15-7-5-4-6-8-15/h4-8,11,14,16,19H,9-10,12-13H2,1-3H3,(H,23,28)(H,24,27)/t16-,19-/m1/s1. The Morgan fingerprint density at radius 1 is 1.17 bits per heavy atom. The van der Waals surface area contributed by atoms with Crippen LogP contribution in [0.15, 0.2) is 47.4 Å². The number of carbonyl (C=O) groups is 2. The lowest BCUT2D eigenvalue weighted by Gasteiger charge is -2.12. The van der Waals surface area contributed by atoms with Gasteiger partial charge in [-0.2, -0.15) is 0 Å². The first kappa shape index (κ1) is 20.8. The number of nitrogens with one attached hydrogen (secondary N) is 2. The highest BCUT2D eigenvalue weighted by atomic mass is 16.2. The van der Waals surface area contributed by atoms with Crippen LogP contribution in [-0.4, -0.2) is 55.0 Å². The third-order valence-electron chi connectivity index (χ3n) is 5.20. The average Bonchev–Trinajstić information content (AvgIpc) is 3.45. The van der Waals surface area contributed by atoms with E-state index in [1.54, 1.807) is 0 Å². The molecule has 1 aromatic carbocycles. The van der Waals surface area contributed by atoms with E-state index in [4.69, 9.17) is 0 Å². The summed E-state index contributed by atoms with van der Waals surface area (Å²) in [5.74, 6) is -0.272. The van der Waals surface area contributed by atoms with Crippen LogP contribution in [0.2, 0.25) is 0 Å². The van der Waals surface area contributed by atoms with E-state index >= 15 is 0 Å². The zero-order chi connectivity index (χ0) is 21.0. The Labute approximate surface area is 170 Å². The quantitative estimate of drug-likeness (QED) is 0.705. The molecule has 1 aromatic heterocycles. The van der Waals surface area contributed by atoms with Crippen molar-refractivity contribution in [2.45, 2.75) is 25.4 Å². The molecule has 154 valence electrons. The molecule has 1 aliphatic carbocycles. The zero-order valence-corrected chi connectivity index (χ0v) is 17.1. The van der Waals surface area contributed by atoms with E-state index in [2.05, 4.69) is 15.5 Å². The molecule has 0 aliphatic heterocycles. The Bertz CT molecular complexity index is 937. The molecule has 2 aromatic rings. The molecule has 0 radical (unpaired) electrons. The molecule has 3 rings (SSSR count). The van der Waals surface area contributed by atoms with Crippen LogP contribution in [0.4, 0.5) is 0 Å². The summed E-state index contributed by atoms with van der Waals surface area (Å²) in [4.78, 5) is 39.9. The van der Waals surface area contributed by atoms with Crippen molar-refractivity contribution in [2.24, 2.45) is 5.92 Å². The lowest BCUT2D eigenvalue weighted by Crippen LogP contribution is -2.34. The van der Waals surface area contributed by atoms with Gasteiger partial charge in [-0.15, -0.1) is 0 Å². The molecule has 1 fully saturated rings. The molecule has 7 heteroatoms. The molecular weight excluding hydrogens is 368 g/mol. The molecule has 29 heavy (non-hydrogen) atoms. The lowest BCUT2D eigenvalue weighted by atomic mass is 10.1. The maximum absolute atomic E-state index is 12.8. The first-order valence-electron chi connectivity index (χ1n) is 9.85. The van der Waals surface area contributed by atoms with Crippen LogP contribution >= 0.6 is 0 Å². The minimum absolute atomic E-state index is 0.0314. The highest BCUT2D eigenvalue weighted by Gasteiger charge is 2.38.